The molecular weight excluding hydrogens is 230 g/mol. The van der Waals surface area contributed by atoms with Crippen LogP contribution in [-0.2, 0) is 0 Å². The molecule has 2 rings (SSSR count). The predicted molar refractivity (Wildman–Crippen MR) is 72.6 cm³/mol. The summed E-state index contributed by atoms with van der Waals surface area (Å²) in [5, 5.41) is 14.3. The Labute approximate surface area is 107 Å². The number of nitrogen functional groups attached to an aromatic ring is 1. The number of nitro groups is 1. The zero-order valence-corrected chi connectivity index (χ0v) is 10.6. The molecule has 1 atom stereocenters. The van der Waals surface area contributed by atoms with Crippen LogP contribution in [0.1, 0.15) is 32.6 Å². The summed E-state index contributed by atoms with van der Waals surface area (Å²) in [5.74, 6) is 0.603. The van der Waals surface area contributed by atoms with Gasteiger partial charge in [-0.2, -0.15) is 0 Å². The van der Waals surface area contributed by atoms with E-state index in [0.29, 0.717) is 11.6 Å². The lowest BCUT2D eigenvalue weighted by molar-refractivity contribution is -0.383. The van der Waals surface area contributed by atoms with E-state index in [4.69, 9.17) is 5.73 Å². The number of nitrogens with zero attached hydrogens (tertiary/aromatic N) is 1. The van der Waals surface area contributed by atoms with Crippen molar-refractivity contribution in [2.24, 2.45) is 5.92 Å². The molecule has 98 valence electrons. The zero-order chi connectivity index (χ0) is 13.1. The van der Waals surface area contributed by atoms with Crippen molar-refractivity contribution in [1.29, 1.82) is 0 Å². The Bertz CT molecular complexity index is 442. The van der Waals surface area contributed by atoms with Crippen molar-refractivity contribution in [3.05, 3.63) is 28.3 Å². The number of benzene rings is 1. The molecule has 0 amide bonds. The number of rotatable bonds is 4. The van der Waals surface area contributed by atoms with Gasteiger partial charge in [-0.15, -0.1) is 0 Å². The summed E-state index contributed by atoms with van der Waals surface area (Å²) in [6.07, 6.45) is 4.92. The predicted octanol–water partition coefficient (Wildman–Crippen LogP) is 3.17. The van der Waals surface area contributed by atoms with Gasteiger partial charge >= 0.3 is 5.69 Å². The van der Waals surface area contributed by atoms with Crippen molar-refractivity contribution in [3.8, 4) is 0 Å². The van der Waals surface area contributed by atoms with Crippen LogP contribution in [0.5, 0.6) is 0 Å². The number of nitrogens with one attached hydrogen (secondary N) is 1. The third kappa shape index (κ3) is 2.55. The Hall–Kier alpha value is -1.78. The lowest BCUT2D eigenvalue weighted by Gasteiger charge is -2.21. The van der Waals surface area contributed by atoms with Crippen LogP contribution in [0, 0.1) is 16.0 Å². The van der Waals surface area contributed by atoms with E-state index in [-0.39, 0.29) is 17.4 Å². The Morgan fingerprint density at radius 2 is 2.11 bits per heavy atom. The number of nitrogens with two attached hydrogens (primary N) is 1. The first-order valence-corrected chi connectivity index (χ1v) is 6.39. The largest absolute Gasteiger partial charge is 0.393 e. The van der Waals surface area contributed by atoms with Crippen LogP contribution in [0.3, 0.4) is 0 Å². The highest BCUT2D eigenvalue weighted by molar-refractivity contribution is 5.74. The molecule has 18 heavy (non-hydrogen) atoms. The SMILES string of the molecule is CC(Nc1cccc(N)c1[N+](=O)[O-])C1CCCC1. The van der Waals surface area contributed by atoms with Gasteiger partial charge in [-0.25, -0.2) is 0 Å². The second-order valence-corrected chi connectivity index (χ2v) is 4.98. The van der Waals surface area contributed by atoms with Gasteiger partial charge in [0.15, 0.2) is 0 Å². The van der Waals surface area contributed by atoms with E-state index in [1.165, 1.54) is 25.7 Å². The van der Waals surface area contributed by atoms with Crippen LogP contribution in [0.25, 0.3) is 0 Å². The molecule has 1 aromatic rings. The van der Waals surface area contributed by atoms with E-state index in [1.54, 1.807) is 18.2 Å². The summed E-state index contributed by atoms with van der Waals surface area (Å²) in [6, 6.07) is 5.27. The van der Waals surface area contributed by atoms with Gasteiger partial charge in [0.2, 0.25) is 0 Å². The van der Waals surface area contributed by atoms with Crippen molar-refractivity contribution in [1.82, 2.24) is 0 Å². The van der Waals surface area contributed by atoms with Gasteiger partial charge in [0.1, 0.15) is 11.4 Å². The van der Waals surface area contributed by atoms with Crippen LogP contribution in [0.2, 0.25) is 0 Å². The topological polar surface area (TPSA) is 81.2 Å². The number of hydrogen-bond acceptors (Lipinski definition) is 4. The molecule has 0 spiro atoms. The summed E-state index contributed by atoms with van der Waals surface area (Å²) < 4.78 is 0. The van der Waals surface area contributed by atoms with Crippen LogP contribution in [-0.4, -0.2) is 11.0 Å². The minimum absolute atomic E-state index is 0.0117. The molecule has 1 saturated carbocycles. The molecule has 0 saturated heterocycles. The number of hydrogen-bond donors (Lipinski definition) is 2. The normalized spacial score (nSPS) is 17.6. The van der Waals surface area contributed by atoms with Crippen molar-refractivity contribution in [3.63, 3.8) is 0 Å². The van der Waals surface area contributed by atoms with E-state index in [2.05, 4.69) is 12.2 Å². The second kappa shape index (κ2) is 5.25. The third-order valence-electron chi connectivity index (χ3n) is 3.74. The molecule has 0 aromatic heterocycles. The lowest BCUT2D eigenvalue weighted by Crippen LogP contribution is -2.24. The maximum absolute atomic E-state index is 11.0. The number of para-hydroxylation sites is 1. The van der Waals surface area contributed by atoms with E-state index in [1.807, 2.05) is 0 Å². The molecule has 1 aliphatic carbocycles. The van der Waals surface area contributed by atoms with Gasteiger partial charge < -0.3 is 11.1 Å². The molecule has 0 heterocycles. The first kappa shape index (κ1) is 12.7. The zero-order valence-electron chi connectivity index (χ0n) is 10.6. The van der Waals surface area contributed by atoms with Crippen molar-refractivity contribution in [2.75, 3.05) is 11.1 Å². The van der Waals surface area contributed by atoms with Crippen LogP contribution in [0.15, 0.2) is 18.2 Å². The van der Waals surface area contributed by atoms with Gasteiger partial charge in [-0.05, 0) is 37.8 Å². The molecule has 5 heteroatoms. The van der Waals surface area contributed by atoms with E-state index in [9.17, 15) is 10.1 Å². The van der Waals surface area contributed by atoms with E-state index in [0.717, 1.165) is 0 Å². The Morgan fingerprint density at radius 1 is 1.44 bits per heavy atom. The smallest absolute Gasteiger partial charge is 0.314 e. The molecule has 1 aliphatic rings. The number of anilines is 2. The first-order chi connectivity index (χ1) is 8.59. The molecule has 0 bridgehead atoms. The monoisotopic (exact) mass is 249 g/mol. The van der Waals surface area contributed by atoms with Crippen LogP contribution in [0.4, 0.5) is 17.1 Å². The molecule has 0 radical (unpaired) electrons. The van der Waals surface area contributed by atoms with Gasteiger partial charge in [0, 0.05) is 6.04 Å². The van der Waals surface area contributed by atoms with Gasteiger partial charge in [-0.1, -0.05) is 18.9 Å². The summed E-state index contributed by atoms with van der Waals surface area (Å²) in [4.78, 5) is 10.6. The number of nitro benzene ring substituents is 1. The standard InChI is InChI=1S/C13H19N3O2/c1-9(10-5-2-3-6-10)15-12-8-4-7-11(14)13(12)16(17)18/h4,7-10,15H,2-3,5-6,14H2,1H3. The quantitative estimate of drug-likeness (QED) is 0.488. The van der Waals surface area contributed by atoms with E-state index < -0.39 is 4.92 Å². The fourth-order valence-corrected chi connectivity index (χ4v) is 2.70. The lowest BCUT2D eigenvalue weighted by atomic mass is 9.99. The van der Waals surface area contributed by atoms with Gasteiger partial charge in [0.25, 0.3) is 0 Å². The minimum atomic E-state index is -0.418. The maximum Gasteiger partial charge on any atom is 0.314 e. The van der Waals surface area contributed by atoms with Crippen LogP contribution >= 0.6 is 0 Å². The minimum Gasteiger partial charge on any atom is -0.393 e. The molecule has 5 nitrogen and oxygen atoms in total. The van der Waals surface area contributed by atoms with Crippen LogP contribution < -0.4 is 11.1 Å². The third-order valence-corrected chi connectivity index (χ3v) is 3.74. The van der Waals surface area contributed by atoms with E-state index >= 15 is 0 Å². The maximum atomic E-state index is 11.0. The van der Waals surface area contributed by atoms with Crippen molar-refractivity contribution in [2.45, 2.75) is 38.6 Å². The average molecular weight is 249 g/mol. The van der Waals surface area contributed by atoms with Crippen molar-refractivity contribution < 1.29 is 4.92 Å². The fraction of sp³-hybridized carbons (Fsp3) is 0.538. The summed E-state index contributed by atoms with van der Waals surface area (Å²) >= 11 is 0. The Kier molecular flexibility index (Phi) is 3.69. The van der Waals surface area contributed by atoms with Gasteiger partial charge in [-0.3, -0.25) is 10.1 Å². The molecular formula is C13H19N3O2. The molecule has 1 aromatic carbocycles. The highest BCUT2D eigenvalue weighted by atomic mass is 16.6. The Balaban J connectivity index is 2.17. The summed E-state index contributed by atoms with van der Waals surface area (Å²) in [7, 11) is 0. The molecule has 3 N–H and O–H groups in total. The molecule has 1 unspecified atom stereocenters. The molecule has 1 fully saturated rings. The molecule has 0 aliphatic heterocycles. The van der Waals surface area contributed by atoms with Gasteiger partial charge in [0.05, 0.1) is 4.92 Å². The Morgan fingerprint density at radius 3 is 2.72 bits per heavy atom. The first-order valence-electron chi connectivity index (χ1n) is 6.39. The highest BCUT2D eigenvalue weighted by Gasteiger charge is 2.24. The average Bonchev–Trinajstić information content (AvgIpc) is 2.81. The fourth-order valence-electron chi connectivity index (χ4n) is 2.70. The second-order valence-electron chi connectivity index (χ2n) is 4.98. The summed E-state index contributed by atoms with van der Waals surface area (Å²) in [6.45, 7) is 2.09. The highest BCUT2D eigenvalue weighted by Crippen LogP contribution is 2.34. The summed E-state index contributed by atoms with van der Waals surface area (Å²) in [5.41, 5.74) is 6.40. The van der Waals surface area contributed by atoms with Crippen molar-refractivity contribution >= 4 is 17.1 Å².